The van der Waals surface area contributed by atoms with Crippen molar-refractivity contribution in [2.45, 2.75) is 12.3 Å². The number of rotatable bonds is 4. The van der Waals surface area contributed by atoms with Crippen molar-refractivity contribution in [3.8, 4) is 22.3 Å². The Morgan fingerprint density at radius 3 is 2.14 bits per heavy atom. The first-order valence-electron chi connectivity index (χ1n) is 15.1. The summed E-state index contributed by atoms with van der Waals surface area (Å²) in [6.45, 7) is 0. The van der Waals surface area contributed by atoms with E-state index in [0.29, 0.717) is 0 Å². The van der Waals surface area contributed by atoms with Crippen LogP contribution in [-0.2, 0) is 0 Å². The standard InChI is InChI=1S/C40H29N3S/c1-2-9-26(10-3-1)27-17-19-28(20-18-27)35-23-24-41-40(42-35)43-36-15-6-4-11-31(36)34-25-29(21-22-37(34)43)30-13-8-14-33-32-12-5-7-16-38(32)44-39(30)33/h1-25,35,40-42H. The normalized spacial score (nSPS) is 16.6. The van der Waals surface area contributed by atoms with Gasteiger partial charge in [0.25, 0.3) is 0 Å². The van der Waals surface area contributed by atoms with Crippen molar-refractivity contribution < 1.29 is 0 Å². The molecule has 1 aliphatic heterocycles. The number of hydrogen-bond donors (Lipinski definition) is 2. The number of nitrogens with zero attached hydrogens (tertiary/aromatic N) is 1. The molecule has 0 bridgehead atoms. The number of benzene rings is 6. The number of aromatic nitrogens is 1. The largest absolute Gasteiger partial charge is 0.359 e. The van der Waals surface area contributed by atoms with Crippen molar-refractivity contribution >= 4 is 53.3 Å². The summed E-state index contributed by atoms with van der Waals surface area (Å²) in [5, 5.41) is 12.7. The Balaban J connectivity index is 1.11. The summed E-state index contributed by atoms with van der Waals surface area (Å²) in [5.41, 5.74) is 8.66. The first kappa shape index (κ1) is 25.3. The van der Waals surface area contributed by atoms with Gasteiger partial charge in [-0.3, -0.25) is 5.32 Å². The smallest absolute Gasteiger partial charge is 0.160 e. The molecule has 0 radical (unpaired) electrons. The molecule has 210 valence electrons. The van der Waals surface area contributed by atoms with Gasteiger partial charge in [0.2, 0.25) is 0 Å². The Labute approximate surface area is 259 Å². The van der Waals surface area contributed by atoms with Crippen molar-refractivity contribution in [3.63, 3.8) is 0 Å². The summed E-state index contributed by atoms with van der Waals surface area (Å²) in [6.07, 6.45) is 4.19. The number of para-hydroxylation sites is 1. The summed E-state index contributed by atoms with van der Waals surface area (Å²) in [6, 6.07) is 50.7. The first-order chi connectivity index (χ1) is 21.8. The van der Waals surface area contributed by atoms with Crippen LogP contribution in [0.25, 0.3) is 64.2 Å². The highest BCUT2D eigenvalue weighted by Gasteiger charge is 2.23. The third kappa shape index (κ3) is 4.07. The Kier molecular flexibility index (Phi) is 5.90. The highest BCUT2D eigenvalue weighted by atomic mass is 32.1. The molecule has 2 N–H and O–H groups in total. The van der Waals surface area contributed by atoms with E-state index in [4.69, 9.17) is 0 Å². The van der Waals surface area contributed by atoms with Gasteiger partial charge < -0.3 is 9.88 Å². The van der Waals surface area contributed by atoms with E-state index in [0.717, 1.165) is 0 Å². The maximum Gasteiger partial charge on any atom is 0.160 e. The van der Waals surface area contributed by atoms with E-state index in [9.17, 15) is 0 Å². The third-order valence-electron chi connectivity index (χ3n) is 8.94. The predicted molar refractivity (Wildman–Crippen MR) is 187 cm³/mol. The lowest BCUT2D eigenvalue weighted by molar-refractivity contribution is 0.342. The quantitative estimate of drug-likeness (QED) is 0.216. The predicted octanol–water partition coefficient (Wildman–Crippen LogP) is 10.4. The number of fused-ring (bicyclic) bond motifs is 6. The van der Waals surface area contributed by atoms with Crippen molar-refractivity contribution in [2.75, 3.05) is 0 Å². The zero-order chi connectivity index (χ0) is 29.0. The minimum atomic E-state index is -0.0990. The topological polar surface area (TPSA) is 29.0 Å². The average molecular weight is 584 g/mol. The second-order valence-corrected chi connectivity index (χ2v) is 12.5. The number of thiophene rings is 1. The van der Waals surface area contributed by atoms with Gasteiger partial charge >= 0.3 is 0 Å². The first-order valence-corrected chi connectivity index (χ1v) is 15.9. The summed E-state index contributed by atoms with van der Waals surface area (Å²) >= 11 is 1.88. The van der Waals surface area contributed by atoms with Gasteiger partial charge in [-0.2, -0.15) is 0 Å². The maximum atomic E-state index is 3.87. The highest BCUT2D eigenvalue weighted by Crippen LogP contribution is 2.42. The van der Waals surface area contributed by atoms with E-state index in [1.807, 2.05) is 11.3 Å². The van der Waals surface area contributed by atoms with Crippen LogP contribution in [-0.4, -0.2) is 4.57 Å². The molecule has 1 aliphatic rings. The van der Waals surface area contributed by atoms with Crippen LogP contribution in [0.4, 0.5) is 0 Å². The molecule has 0 amide bonds. The fraction of sp³-hybridized carbons (Fsp3) is 0.0500. The van der Waals surface area contributed by atoms with Gasteiger partial charge in [0.05, 0.1) is 17.1 Å². The molecule has 3 heterocycles. The zero-order valence-corrected chi connectivity index (χ0v) is 24.8. The van der Waals surface area contributed by atoms with Crippen molar-refractivity contribution in [2.24, 2.45) is 0 Å². The molecule has 3 nitrogen and oxygen atoms in total. The summed E-state index contributed by atoms with van der Waals surface area (Å²) in [7, 11) is 0. The number of nitrogens with one attached hydrogen (secondary N) is 2. The number of hydrogen-bond acceptors (Lipinski definition) is 3. The van der Waals surface area contributed by atoms with E-state index < -0.39 is 0 Å². The molecule has 6 aromatic carbocycles. The molecule has 44 heavy (non-hydrogen) atoms. The summed E-state index contributed by atoms with van der Waals surface area (Å²) in [4.78, 5) is 0. The van der Waals surface area contributed by atoms with Gasteiger partial charge in [0, 0.05) is 30.9 Å². The van der Waals surface area contributed by atoms with Crippen LogP contribution in [0, 0.1) is 0 Å². The molecule has 8 aromatic rings. The monoisotopic (exact) mass is 583 g/mol. The molecule has 2 atom stereocenters. The molecule has 0 aliphatic carbocycles. The van der Waals surface area contributed by atoms with Crippen molar-refractivity contribution in [1.82, 2.24) is 15.2 Å². The molecule has 0 saturated carbocycles. The van der Waals surface area contributed by atoms with E-state index in [1.54, 1.807) is 0 Å². The minimum Gasteiger partial charge on any atom is -0.359 e. The second-order valence-electron chi connectivity index (χ2n) is 11.5. The van der Waals surface area contributed by atoms with Gasteiger partial charge in [-0.15, -0.1) is 11.3 Å². The van der Waals surface area contributed by atoms with Crippen molar-refractivity contribution in [1.29, 1.82) is 0 Å². The van der Waals surface area contributed by atoms with Gasteiger partial charge in [-0.25, -0.2) is 0 Å². The van der Waals surface area contributed by atoms with E-state index >= 15 is 0 Å². The molecule has 0 spiro atoms. The molecule has 2 aromatic heterocycles. The fourth-order valence-corrected chi connectivity index (χ4v) is 8.05. The average Bonchev–Trinajstić information content (AvgIpc) is 3.64. The van der Waals surface area contributed by atoms with Crippen LogP contribution in [0.3, 0.4) is 0 Å². The van der Waals surface area contributed by atoms with Crippen LogP contribution in [0.2, 0.25) is 0 Å². The SMILES string of the molecule is C1=CC(c2ccc(-c3ccccc3)cc2)NC(n2c3ccccc3c3cc(-c4cccc5c4sc4ccccc45)ccc32)N1. The Morgan fingerprint density at radius 2 is 1.25 bits per heavy atom. The molecule has 9 rings (SSSR count). The second kappa shape index (κ2) is 10.2. The lowest BCUT2D eigenvalue weighted by Gasteiger charge is -2.31. The van der Waals surface area contributed by atoms with Crippen LogP contribution < -0.4 is 10.6 Å². The summed E-state index contributed by atoms with van der Waals surface area (Å²) < 4.78 is 5.08. The lowest BCUT2D eigenvalue weighted by Crippen LogP contribution is -2.40. The fourth-order valence-electron chi connectivity index (χ4n) is 6.81. The molecule has 0 fully saturated rings. The highest BCUT2D eigenvalue weighted by molar-refractivity contribution is 7.26. The Hall–Kier alpha value is -5.16. The lowest BCUT2D eigenvalue weighted by atomic mass is 10.00. The van der Waals surface area contributed by atoms with Crippen LogP contribution in [0.15, 0.2) is 152 Å². The van der Waals surface area contributed by atoms with E-state index in [-0.39, 0.29) is 12.3 Å². The van der Waals surface area contributed by atoms with Gasteiger partial charge in [0.15, 0.2) is 6.29 Å². The zero-order valence-electron chi connectivity index (χ0n) is 23.9. The van der Waals surface area contributed by atoms with Gasteiger partial charge in [0.1, 0.15) is 0 Å². The molecule has 0 saturated heterocycles. The molecular formula is C40H29N3S. The van der Waals surface area contributed by atoms with Gasteiger partial charge in [-0.1, -0.05) is 115 Å². The maximum absolute atomic E-state index is 3.87. The van der Waals surface area contributed by atoms with Crippen molar-refractivity contribution in [3.05, 3.63) is 157 Å². The molecule has 4 heteroatoms. The Morgan fingerprint density at radius 1 is 0.545 bits per heavy atom. The summed E-state index contributed by atoms with van der Waals surface area (Å²) in [5.74, 6) is 0. The Bertz CT molecular complexity index is 2340. The van der Waals surface area contributed by atoms with Crippen LogP contribution in [0.5, 0.6) is 0 Å². The van der Waals surface area contributed by atoms with Crippen LogP contribution in [0.1, 0.15) is 17.9 Å². The van der Waals surface area contributed by atoms with Crippen LogP contribution >= 0.6 is 11.3 Å². The van der Waals surface area contributed by atoms with Gasteiger partial charge in [-0.05, 0) is 64.4 Å². The minimum absolute atomic E-state index is 0.0899. The molecule has 2 unspecified atom stereocenters. The molecular weight excluding hydrogens is 555 g/mol. The van der Waals surface area contributed by atoms with E-state index in [2.05, 4.69) is 167 Å². The third-order valence-corrected chi connectivity index (χ3v) is 10.2. The van der Waals surface area contributed by atoms with E-state index in [1.165, 1.54) is 69.8 Å².